The quantitative estimate of drug-likeness (QED) is 0.604. The van der Waals surface area contributed by atoms with Crippen molar-refractivity contribution in [3.8, 4) is 0 Å². The van der Waals surface area contributed by atoms with Crippen molar-refractivity contribution in [2.75, 3.05) is 59.9 Å². The first-order valence-electron chi connectivity index (χ1n) is 8.78. The van der Waals surface area contributed by atoms with Crippen LogP contribution in [0.5, 0.6) is 0 Å². The van der Waals surface area contributed by atoms with Crippen LogP contribution in [0.3, 0.4) is 0 Å². The van der Waals surface area contributed by atoms with Crippen LogP contribution in [0.2, 0.25) is 5.02 Å². The van der Waals surface area contributed by atoms with Crippen LogP contribution in [-0.2, 0) is 6.42 Å². The molecule has 2 rings (SSSR count). The van der Waals surface area contributed by atoms with Crippen LogP contribution in [0.1, 0.15) is 12.0 Å². The molecule has 0 atom stereocenters. The Bertz CT molecular complexity index is 520. The summed E-state index contributed by atoms with van der Waals surface area (Å²) >= 11 is 6.18. The van der Waals surface area contributed by atoms with Gasteiger partial charge < -0.3 is 20.4 Å². The van der Waals surface area contributed by atoms with E-state index in [9.17, 15) is 0 Å². The Kier molecular flexibility index (Phi) is 8.36. The van der Waals surface area contributed by atoms with Crippen LogP contribution in [0, 0.1) is 0 Å². The van der Waals surface area contributed by atoms with E-state index in [0.717, 1.165) is 55.7 Å². The van der Waals surface area contributed by atoms with Gasteiger partial charge in [-0.2, -0.15) is 0 Å². The van der Waals surface area contributed by atoms with Crippen LogP contribution in [0.25, 0.3) is 0 Å². The predicted octanol–water partition coefficient (Wildman–Crippen LogP) is 1.68. The highest BCUT2D eigenvalue weighted by Crippen LogP contribution is 2.14. The predicted molar refractivity (Wildman–Crippen MR) is 103 cm³/mol. The molecule has 24 heavy (non-hydrogen) atoms. The molecule has 0 spiro atoms. The maximum Gasteiger partial charge on any atom is 0.191 e. The minimum Gasteiger partial charge on any atom is -0.356 e. The Balaban J connectivity index is 1.64. The van der Waals surface area contributed by atoms with Crippen molar-refractivity contribution in [2.45, 2.75) is 12.8 Å². The number of guanidine groups is 1. The minimum absolute atomic E-state index is 0.817. The van der Waals surface area contributed by atoms with Crippen molar-refractivity contribution in [1.29, 1.82) is 0 Å². The molecule has 134 valence electrons. The van der Waals surface area contributed by atoms with Gasteiger partial charge in [0.25, 0.3) is 0 Å². The van der Waals surface area contributed by atoms with E-state index in [1.54, 1.807) is 0 Å². The van der Waals surface area contributed by atoms with Crippen molar-refractivity contribution in [1.82, 2.24) is 20.4 Å². The molecule has 2 N–H and O–H groups in total. The summed E-state index contributed by atoms with van der Waals surface area (Å²) in [6.45, 7) is 7.48. The lowest BCUT2D eigenvalue weighted by atomic mass is 10.1. The molecule has 1 heterocycles. The largest absolute Gasteiger partial charge is 0.356 e. The third-order valence-corrected chi connectivity index (χ3v) is 4.77. The molecule has 1 aromatic rings. The summed E-state index contributed by atoms with van der Waals surface area (Å²) in [6, 6.07) is 7.98. The number of hydrogen-bond donors (Lipinski definition) is 2. The second-order valence-corrected chi connectivity index (χ2v) is 6.67. The monoisotopic (exact) mass is 351 g/mol. The molecule has 0 unspecified atom stereocenters. The van der Waals surface area contributed by atoms with E-state index in [1.807, 2.05) is 25.2 Å². The van der Waals surface area contributed by atoms with Gasteiger partial charge in [0.1, 0.15) is 0 Å². The molecule has 1 aliphatic heterocycles. The van der Waals surface area contributed by atoms with Gasteiger partial charge in [-0.1, -0.05) is 29.8 Å². The molecule has 0 amide bonds. The van der Waals surface area contributed by atoms with Gasteiger partial charge in [-0.3, -0.25) is 4.99 Å². The van der Waals surface area contributed by atoms with E-state index in [0.29, 0.717) is 0 Å². The average molecular weight is 352 g/mol. The molecule has 0 aliphatic carbocycles. The number of nitrogens with zero attached hydrogens (tertiary/aromatic N) is 3. The molecule has 6 heteroatoms. The molecule has 1 saturated heterocycles. The maximum absolute atomic E-state index is 6.18. The Hall–Kier alpha value is -1.30. The number of benzene rings is 1. The first-order chi connectivity index (χ1) is 11.7. The van der Waals surface area contributed by atoms with Gasteiger partial charge in [0.05, 0.1) is 0 Å². The Morgan fingerprint density at radius 2 is 1.92 bits per heavy atom. The van der Waals surface area contributed by atoms with Gasteiger partial charge in [0.15, 0.2) is 5.96 Å². The summed E-state index contributed by atoms with van der Waals surface area (Å²) in [5, 5.41) is 7.58. The highest BCUT2D eigenvalue weighted by Gasteiger charge is 2.11. The van der Waals surface area contributed by atoms with Crippen molar-refractivity contribution in [3.05, 3.63) is 34.9 Å². The van der Waals surface area contributed by atoms with Crippen molar-refractivity contribution in [2.24, 2.45) is 4.99 Å². The zero-order chi connectivity index (χ0) is 17.2. The summed E-state index contributed by atoms with van der Waals surface area (Å²) < 4.78 is 0. The summed E-state index contributed by atoms with van der Waals surface area (Å²) in [5.41, 5.74) is 1.16. The Morgan fingerprint density at radius 1 is 1.12 bits per heavy atom. The number of hydrogen-bond acceptors (Lipinski definition) is 3. The minimum atomic E-state index is 0.817. The molecule has 0 radical (unpaired) electrons. The van der Waals surface area contributed by atoms with Crippen molar-refractivity contribution < 1.29 is 0 Å². The Morgan fingerprint density at radius 3 is 2.71 bits per heavy atom. The fraction of sp³-hybridized carbons (Fsp3) is 0.611. The van der Waals surface area contributed by atoms with E-state index in [4.69, 9.17) is 11.6 Å². The Labute approximate surface area is 151 Å². The third-order valence-electron chi connectivity index (χ3n) is 4.40. The molecule has 0 bridgehead atoms. The lowest BCUT2D eigenvalue weighted by Gasteiger charge is -2.21. The maximum atomic E-state index is 6.18. The van der Waals surface area contributed by atoms with E-state index in [-0.39, 0.29) is 0 Å². The topological polar surface area (TPSA) is 42.9 Å². The van der Waals surface area contributed by atoms with Gasteiger partial charge in [-0.25, -0.2) is 0 Å². The van der Waals surface area contributed by atoms with Gasteiger partial charge >= 0.3 is 0 Å². The molecule has 0 aromatic heterocycles. The number of aliphatic imine (C=N–C) groups is 1. The summed E-state index contributed by atoms with van der Waals surface area (Å²) in [4.78, 5) is 9.22. The summed E-state index contributed by atoms with van der Waals surface area (Å²) in [5.74, 6) is 0.856. The lowest BCUT2D eigenvalue weighted by molar-refractivity contribution is 0.280. The zero-order valence-corrected chi connectivity index (χ0v) is 15.6. The van der Waals surface area contributed by atoms with Crippen LogP contribution in [-0.4, -0.2) is 75.7 Å². The summed E-state index contributed by atoms with van der Waals surface area (Å²) in [6.07, 6.45) is 2.14. The van der Waals surface area contributed by atoms with Crippen LogP contribution >= 0.6 is 11.6 Å². The standard InChI is InChI=1S/C18H30ClN5/c1-20-18(21-9-8-16-6-3-4-7-17(16)19)22-10-13-24-12-5-11-23(2)14-15-24/h3-4,6-7H,5,8-15H2,1-2H3,(H2,20,21,22). The molecule has 1 aromatic carbocycles. The fourth-order valence-corrected chi connectivity index (χ4v) is 3.12. The second kappa shape index (κ2) is 10.5. The zero-order valence-electron chi connectivity index (χ0n) is 14.9. The van der Waals surface area contributed by atoms with E-state index in [1.165, 1.54) is 19.5 Å². The van der Waals surface area contributed by atoms with E-state index < -0.39 is 0 Å². The molecule has 1 aliphatic rings. The van der Waals surface area contributed by atoms with Crippen molar-refractivity contribution >= 4 is 17.6 Å². The van der Waals surface area contributed by atoms with Crippen LogP contribution in [0.15, 0.2) is 29.3 Å². The number of likely N-dealkylation sites (N-methyl/N-ethyl adjacent to an activating group) is 1. The smallest absolute Gasteiger partial charge is 0.191 e. The highest BCUT2D eigenvalue weighted by molar-refractivity contribution is 6.31. The van der Waals surface area contributed by atoms with Crippen LogP contribution in [0.4, 0.5) is 0 Å². The SMILES string of the molecule is CN=C(NCCc1ccccc1Cl)NCCN1CCCN(C)CC1. The molecular formula is C18H30ClN5. The van der Waals surface area contributed by atoms with E-state index in [2.05, 4.69) is 38.5 Å². The highest BCUT2D eigenvalue weighted by atomic mass is 35.5. The number of halogens is 1. The van der Waals surface area contributed by atoms with Gasteiger partial charge in [0, 0.05) is 44.8 Å². The molecule has 5 nitrogen and oxygen atoms in total. The van der Waals surface area contributed by atoms with Crippen molar-refractivity contribution in [3.63, 3.8) is 0 Å². The first kappa shape index (κ1) is 19.0. The number of rotatable bonds is 6. The number of nitrogens with one attached hydrogen (secondary N) is 2. The third kappa shape index (κ3) is 6.67. The van der Waals surface area contributed by atoms with Gasteiger partial charge in [-0.15, -0.1) is 0 Å². The second-order valence-electron chi connectivity index (χ2n) is 6.27. The average Bonchev–Trinajstić information content (AvgIpc) is 2.79. The normalized spacial score (nSPS) is 17.5. The molecular weight excluding hydrogens is 322 g/mol. The van der Waals surface area contributed by atoms with Gasteiger partial charge in [-0.05, 0) is 44.6 Å². The van der Waals surface area contributed by atoms with Gasteiger partial charge in [0.2, 0.25) is 0 Å². The fourth-order valence-electron chi connectivity index (χ4n) is 2.89. The van der Waals surface area contributed by atoms with E-state index >= 15 is 0 Å². The summed E-state index contributed by atoms with van der Waals surface area (Å²) in [7, 11) is 4.01. The molecule has 0 saturated carbocycles. The molecule has 1 fully saturated rings. The lowest BCUT2D eigenvalue weighted by Crippen LogP contribution is -2.42. The first-order valence-corrected chi connectivity index (χ1v) is 9.15. The van der Waals surface area contributed by atoms with Crippen LogP contribution < -0.4 is 10.6 Å².